The van der Waals surface area contributed by atoms with Gasteiger partial charge in [0.05, 0.1) is 0 Å². The summed E-state index contributed by atoms with van der Waals surface area (Å²) in [6.45, 7) is 2.08. The molecule has 1 rings (SSSR count). The first kappa shape index (κ1) is 16.4. The summed E-state index contributed by atoms with van der Waals surface area (Å²) in [5.74, 6) is 0. The Kier molecular flexibility index (Phi) is 16.1. The van der Waals surface area contributed by atoms with Gasteiger partial charge in [-0.15, -0.1) is 0 Å². The molecule has 3 heteroatoms. The van der Waals surface area contributed by atoms with E-state index in [0.29, 0.717) is 0 Å². The van der Waals surface area contributed by atoms with Gasteiger partial charge in [-0.25, -0.2) is 11.6 Å². The van der Waals surface area contributed by atoms with Gasteiger partial charge in [-0.2, -0.15) is 18.2 Å². The van der Waals surface area contributed by atoms with Gasteiger partial charge in [0.15, 0.2) is 0 Å². The van der Waals surface area contributed by atoms with Crippen molar-refractivity contribution in [1.82, 2.24) is 0 Å². The van der Waals surface area contributed by atoms with Crippen LogP contribution in [-0.4, -0.2) is 0 Å². The molecule has 0 aliphatic heterocycles. The Bertz CT molecular complexity index is 115. The summed E-state index contributed by atoms with van der Waals surface area (Å²) in [5, 5.41) is 0. The van der Waals surface area contributed by atoms with E-state index in [2.05, 4.69) is 19.1 Å². The molecule has 49 valence electrons. The summed E-state index contributed by atoms with van der Waals surface area (Å²) in [4.78, 5) is 0. The second-order valence-corrected chi connectivity index (χ2v) is 1.46. The third kappa shape index (κ3) is 6.70. The van der Waals surface area contributed by atoms with Crippen molar-refractivity contribution < 1.29 is 51.0 Å². The van der Waals surface area contributed by atoms with Crippen molar-refractivity contribution in [1.29, 1.82) is 0 Å². The van der Waals surface area contributed by atoms with E-state index in [0.717, 1.165) is 0 Å². The fraction of sp³-hybridized carbons (Fsp3) is 0.167. The molecule has 0 saturated heterocycles. The summed E-state index contributed by atoms with van der Waals surface area (Å²) in [5.41, 5.74) is 1.34. The minimum Gasteiger partial charge on any atom is -1.00 e. The molecule has 0 aromatic heterocycles. The van der Waals surface area contributed by atoms with Gasteiger partial charge < -0.3 is 24.8 Å². The molecule has 1 aromatic rings. The first-order valence-electron chi connectivity index (χ1n) is 2.08. The Morgan fingerprint density at radius 3 is 2.00 bits per heavy atom. The molecule has 0 atom stereocenters. The number of hydrogen-bond donors (Lipinski definition) is 0. The smallest absolute Gasteiger partial charge is 1.00 e. The maximum atomic E-state index is 2.08. The van der Waals surface area contributed by atoms with Gasteiger partial charge in [0.2, 0.25) is 0 Å². The zero-order valence-electron chi connectivity index (χ0n) is 5.07. The standard InChI is InChI=1S/C6H7.2ClH.Zr/c1-6-4-2-3-5-6;;;/h2-5H,1H3;2*1H;/q-1;;;+3/p-2. The van der Waals surface area contributed by atoms with Crippen molar-refractivity contribution >= 4 is 0 Å². The Morgan fingerprint density at radius 2 is 1.89 bits per heavy atom. The van der Waals surface area contributed by atoms with Crippen LogP contribution in [0.5, 0.6) is 0 Å². The topological polar surface area (TPSA) is 0 Å². The molecule has 1 radical (unpaired) electrons. The average Bonchev–Trinajstić information content (AvgIpc) is 1.86. The molecule has 0 aliphatic carbocycles. The minimum atomic E-state index is 0. The zero-order chi connectivity index (χ0) is 4.41. The average molecular weight is 241 g/mol. The van der Waals surface area contributed by atoms with E-state index in [4.69, 9.17) is 0 Å². The van der Waals surface area contributed by atoms with E-state index in [1.54, 1.807) is 0 Å². The zero-order valence-corrected chi connectivity index (χ0v) is 9.04. The first-order valence-corrected chi connectivity index (χ1v) is 2.08. The van der Waals surface area contributed by atoms with Crippen molar-refractivity contribution in [3.8, 4) is 0 Å². The third-order valence-corrected chi connectivity index (χ3v) is 0.829. The monoisotopic (exact) mass is 239 g/mol. The largest absolute Gasteiger partial charge is 3.00 e. The van der Waals surface area contributed by atoms with Crippen molar-refractivity contribution in [2.75, 3.05) is 0 Å². The summed E-state index contributed by atoms with van der Waals surface area (Å²) in [7, 11) is 0. The van der Waals surface area contributed by atoms with Crippen molar-refractivity contribution in [3.05, 3.63) is 29.8 Å². The molecular formula is C6H7Cl2Zr. The Morgan fingerprint density at radius 1 is 1.33 bits per heavy atom. The van der Waals surface area contributed by atoms with E-state index < -0.39 is 0 Å². The van der Waals surface area contributed by atoms with E-state index in [-0.39, 0.29) is 51.0 Å². The predicted octanol–water partition coefficient (Wildman–Crippen LogP) is -4.28. The number of hydrogen-bond acceptors (Lipinski definition) is 0. The fourth-order valence-electron chi connectivity index (χ4n) is 0.470. The number of halogens is 2. The van der Waals surface area contributed by atoms with Gasteiger partial charge in [-0.1, -0.05) is 6.92 Å². The molecule has 0 amide bonds. The maximum absolute atomic E-state index is 2.08. The molecular weight excluding hydrogens is 234 g/mol. The molecule has 0 unspecified atom stereocenters. The molecule has 0 heterocycles. The second-order valence-electron chi connectivity index (χ2n) is 1.46. The molecule has 1 aromatic carbocycles. The fourth-order valence-corrected chi connectivity index (χ4v) is 0.470. The van der Waals surface area contributed by atoms with E-state index in [1.807, 2.05) is 12.1 Å². The third-order valence-electron chi connectivity index (χ3n) is 0.829. The van der Waals surface area contributed by atoms with Crippen LogP contribution in [0.4, 0.5) is 0 Å². The number of aryl methyl sites for hydroxylation is 1. The van der Waals surface area contributed by atoms with Gasteiger partial charge in [0.25, 0.3) is 0 Å². The maximum Gasteiger partial charge on any atom is 3.00 e. The van der Waals surface area contributed by atoms with Crippen LogP contribution in [-0.2, 0) is 26.2 Å². The number of rotatable bonds is 0. The minimum absolute atomic E-state index is 0. The Balaban J connectivity index is -0.000000120. The normalized spacial score (nSPS) is 5.89. The SMILES string of the molecule is Cc1cc[cH-]c1.[Cl-].[Cl-].[Zr+3]. The predicted molar refractivity (Wildman–Crippen MR) is 26.8 cm³/mol. The molecule has 0 fully saturated rings. The van der Waals surface area contributed by atoms with Crippen molar-refractivity contribution in [2.24, 2.45) is 0 Å². The van der Waals surface area contributed by atoms with Crippen LogP contribution in [0.25, 0.3) is 0 Å². The summed E-state index contributed by atoms with van der Waals surface area (Å²) in [6.07, 6.45) is 0. The summed E-state index contributed by atoms with van der Waals surface area (Å²) in [6, 6.07) is 8.24. The van der Waals surface area contributed by atoms with Crippen LogP contribution < -0.4 is 24.8 Å². The molecule has 0 saturated carbocycles. The van der Waals surface area contributed by atoms with Crippen LogP contribution in [0.2, 0.25) is 0 Å². The van der Waals surface area contributed by atoms with Gasteiger partial charge in [0.1, 0.15) is 0 Å². The Hall–Kier alpha value is 0.813. The van der Waals surface area contributed by atoms with Crippen LogP contribution in [0.15, 0.2) is 24.3 Å². The summed E-state index contributed by atoms with van der Waals surface area (Å²) >= 11 is 0. The van der Waals surface area contributed by atoms with Crippen LogP contribution in [0, 0.1) is 6.92 Å². The first-order chi connectivity index (χ1) is 2.89. The van der Waals surface area contributed by atoms with E-state index >= 15 is 0 Å². The van der Waals surface area contributed by atoms with Gasteiger partial charge in [-0.05, 0) is 0 Å². The van der Waals surface area contributed by atoms with Gasteiger partial charge >= 0.3 is 26.2 Å². The van der Waals surface area contributed by atoms with Crippen LogP contribution in [0.3, 0.4) is 0 Å². The second kappa shape index (κ2) is 8.81. The van der Waals surface area contributed by atoms with E-state index in [9.17, 15) is 0 Å². The molecule has 9 heavy (non-hydrogen) atoms. The van der Waals surface area contributed by atoms with Crippen molar-refractivity contribution in [2.45, 2.75) is 6.92 Å². The van der Waals surface area contributed by atoms with Gasteiger partial charge in [0, 0.05) is 0 Å². The van der Waals surface area contributed by atoms with Crippen LogP contribution >= 0.6 is 0 Å². The Labute approximate surface area is 87.3 Å². The molecule has 0 spiro atoms. The molecule has 0 N–H and O–H groups in total. The molecule has 0 aliphatic rings. The molecule has 0 bridgehead atoms. The quantitative estimate of drug-likeness (QED) is 0.403. The van der Waals surface area contributed by atoms with Gasteiger partial charge in [-0.3, -0.25) is 0 Å². The summed E-state index contributed by atoms with van der Waals surface area (Å²) < 4.78 is 0. The van der Waals surface area contributed by atoms with Crippen LogP contribution in [0.1, 0.15) is 5.56 Å². The van der Waals surface area contributed by atoms with E-state index in [1.165, 1.54) is 5.56 Å². The van der Waals surface area contributed by atoms with Crippen molar-refractivity contribution in [3.63, 3.8) is 0 Å². The molecule has 0 nitrogen and oxygen atoms in total.